The van der Waals surface area contributed by atoms with E-state index < -0.39 is 11.8 Å². The molecule has 0 amide bonds. The zero-order chi connectivity index (χ0) is 13.8. The molecule has 0 radical (unpaired) electrons. The topological polar surface area (TPSA) is 37.3 Å². The summed E-state index contributed by atoms with van der Waals surface area (Å²) in [6, 6.07) is 10.1. The van der Waals surface area contributed by atoms with E-state index in [2.05, 4.69) is 0 Å². The predicted molar refractivity (Wildman–Crippen MR) is 68.5 cm³/mol. The molecule has 0 unspecified atom stereocenters. The van der Waals surface area contributed by atoms with Gasteiger partial charge >= 0.3 is 5.97 Å². The minimum absolute atomic E-state index is 0.171. The summed E-state index contributed by atoms with van der Waals surface area (Å²) in [5.74, 6) is -2.01. The van der Waals surface area contributed by atoms with Gasteiger partial charge in [0, 0.05) is 11.6 Å². The molecule has 2 nitrogen and oxygen atoms in total. The van der Waals surface area contributed by atoms with Gasteiger partial charge in [-0.05, 0) is 41.5 Å². The summed E-state index contributed by atoms with van der Waals surface area (Å²) in [7, 11) is 0. The molecule has 0 aliphatic carbocycles. The van der Waals surface area contributed by atoms with E-state index in [0.717, 1.165) is 11.6 Å². The van der Waals surface area contributed by atoms with E-state index in [1.165, 1.54) is 30.3 Å². The number of hydrogen-bond donors (Lipinski definition) is 1. The lowest BCUT2D eigenvalue weighted by molar-refractivity contribution is -0.131. The van der Waals surface area contributed by atoms with Crippen LogP contribution in [0.25, 0.3) is 17.2 Å². The third-order valence-corrected chi connectivity index (χ3v) is 2.58. The average Bonchev–Trinajstić information content (AvgIpc) is 2.39. The third kappa shape index (κ3) is 3.25. The van der Waals surface area contributed by atoms with Crippen molar-refractivity contribution in [2.45, 2.75) is 0 Å². The fourth-order valence-electron chi connectivity index (χ4n) is 1.65. The van der Waals surface area contributed by atoms with Crippen LogP contribution >= 0.6 is 0 Å². The molecule has 0 saturated heterocycles. The molecule has 2 aromatic rings. The van der Waals surface area contributed by atoms with Crippen molar-refractivity contribution in [3.05, 3.63) is 65.7 Å². The first-order valence-corrected chi connectivity index (χ1v) is 5.53. The van der Waals surface area contributed by atoms with Crippen LogP contribution in [0.15, 0.2) is 48.5 Å². The fourth-order valence-corrected chi connectivity index (χ4v) is 1.65. The molecule has 0 aromatic heterocycles. The molecule has 96 valence electrons. The Labute approximate surface area is 108 Å². The van der Waals surface area contributed by atoms with Gasteiger partial charge in [0.25, 0.3) is 0 Å². The smallest absolute Gasteiger partial charge is 0.328 e. The summed E-state index contributed by atoms with van der Waals surface area (Å²) in [5.41, 5.74) is 1.59. The van der Waals surface area contributed by atoms with Crippen molar-refractivity contribution >= 4 is 12.0 Å². The number of rotatable bonds is 3. The second kappa shape index (κ2) is 5.44. The molecule has 0 bridgehead atoms. The van der Waals surface area contributed by atoms with Gasteiger partial charge in [0.2, 0.25) is 0 Å². The van der Waals surface area contributed by atoms with Gasteiger partial charge in [-0.2, -0.15) is 0 Å². The molecule has 0 saturated carbocycles. The zero-order valence-electron chi connectivity index (χ0n) is 9.81. The van der Waals surface area contributed by atoms with E-state index >= 15 is 0 Å². The summed E-state index contributed by atoms with van der Waals surface area (Å²) in [4.78, 5) is 10.4. The number of carboxylic acids is 1. The molecule has 4 heteroatoms. The third-order valence-electron chi connectivity index (χ3n) is 2.58. The number of hydrogen-bond acceptors (Lipinski definition) is 1. The highest BCUT2D eigenvalue weighted by Crippen LogP contribution is 2.23. The first-order chi connectivity index (χ1) is 9.06. The second-order valence-corrected chi connectivity index (χ2v) is 3.91. The number of halogens is 2. The quantitative estimate of drug-likeness (QED) is 0.854. The average molecular weight is 260 g/mol. The van der Waals surface area contributed by atoms with E-state index in [4.69, 9.17) is 5.11 Å². The molecule has 0 heterocycles. The lowest BCUT2D eigenvalue weighted by atomic mass is 10.0. The molecule has 0 aliphatic rings. The van der Waals surface area contributed by atoms with Crippen molar-refractivity contribution in [2.24, 2.45) is 0 Å². The minimum atomic E-state index is -1.15. The number of benzene rings is 2. The minimum Gasteiger partial charge on any atom is -0.478 e. The van der Waals surface area contributed by atoms with E-state index in [-0.39, 0.29) is 11.4 Å². The Balaban J connectivity index is 2.40. The summed E-state index contributed by atoms with van der Waals surface area (Å²) < 4.78 is 26.3. The Kier molecular flexibility index (Phi) is 3.71. The molecule has 1 N–H and O–H groups in total. The number of carboxylic acid groups (broad SMARTS) is 1. The number of aliphatic carboxylic acids is 1. The molecule has 2 aromatic carbocycles. The van der Waals surface area contributed by atoms with Crippen LogP contribution in [-0.2, 0) is 4.79 Å². The van der Waals surface area contributed by atoms with Crippen LogP contribution in [0.3, 0.4) is 0 Å². The van der Waals surface area contributed by atoms with Crippen molar-refractivity contribution in [3.8, 4) is 11.1 Å². The van der Waals surface area contributed by atoms with Gasteiger partial charge in [0.05, 0.1) is 0 Å². The normalized spacial score (nSPS) is 10.8. The van der Waals surface area contributed by atoms with Gasteiger partial charge < -0.3 is 5.11 Å². The summed E-state index contributed by atoms with van der Waals surface area (Å²) in [5, 5.41) is 8.53. The van der Waals surface area contributed by atoms with Crippen LogP contribution in [0, 0.1) is 11.6 Å². The van der Waals surface area contributed by atoms with E-state index in [0.29, 0.717) is 5.56 Å². The standard InChI is InChI=1S/C15H10F2O2/c16-13-5-1-10(2-6-13)11-3-7-14(17)12(9-11)4-8-15(18)19/h1-9H,(H,18,19)/b8-4+. The maximum Gasteiger partial charge on any atom is 0.328 e. The van der Waals surface area contributed by atoms with Gasteiger partial charge in [-0.3, -0.25) is 0 Å². The van der Waals surface area contributed by atoms with Gasteiger partial charge in [0.1, 0.15) is 11.6 Å². The lowest BCUT2D eigenvalue weighted by Crippen LogP contribution is -1.89. The molecular weight excluding hydrogens is 250 g/mol. The molecule has 0 atom stereocenters. The zero-order valence-corrected chi connectivity index (χ0v) is 9.81. The Hall–Kier alpha value is -2.49. The van der Waals surface area contributed by atoms with E-state index in [9.17, 15) is 13.6 Å². The van der Waals surface area contributed by atoms with Crippen LogP contribution in [0.5, 0.6) is 0 Å². The van der Waals surface area contributed by atoms with E-state index in [1.807, 2.05) is 0 Å². The highest BCUT2D eigenvalue weighted by molar-refractivity contribution is 5.85. The van der Waals surface area contributed by atoms with Crippen LogP contribution in [0.2, 0.25) is 0 Å². The van der Waals surface area contributed by atoms with Crippen molar-refractivity contribution < 1.29 is 18.7 Å². The largest absolute Gasteiger partial charge is 0.478 e. The highest BCUT2D eigenvalue weighted by atomic mass is 19.1. The molecule has 19 heavy (non-hydrogen) atoms. The molecule has 2 rings (SSSR count). The van der Waals surface area contributed by atoms with Crippen molar-refractivity contribution in [3.63, 3.8) is 0 Å². The number of carbonyl (C=O) groups is 1. The maximum absolute atomic E-state index is 13.5. The first kappa shape index (κ1) is 13.0. The van der Waals surface area contributed by atoms with Crippen molar-refractivity contribution in [2.75, 3.05) is 0 Å². The first-order valence-electron chi connectivity index (χ1n) is 5.53. The van der Waals surface area contributed by atoms with Gasteiger partial charge in [-0.1, -0.05) is 18.2 Å². The molecular formula is C15H10F2O2. The summed E-state index contributed by atoms with van der Waals surface area (Å²) in [6.45, 7) is 0. The second-order valence-electron chi connectivity index (χ2n) is 3.91. The van der Waals surface area contributed by atoms with Crippen LogP contribution in [-0.4, -0.2) is 11.1 Å². The van der Waals surface area contributed by atoms with Gasteiger partial charge in [0.15, 0.2) is 0 Å². The Morgan fingerprint density at radius 3 is 2.26 bits per heavy atom. The van der Waals surface area contributed by atoms with Gasteiger partial charge in [-0.15, -0.1) is 0 Å². The molecule has 0 aliphatic heterocycles. The maximum atomic E-state index is 13.5. The monoisotopic (exact) mass is 260 g/mol. The van der Waals surface area contributed by atoms with Crippen LogP contribution in [0.4, 0.5) is 8.78 Å². The Morgan fingerprint density at radius 2 is 1.63 bits per heavy atom. The molecule has 0 fully saturated rings. The predicted octanol–water partition coefficient (Wildman–Crippen LogP) is 3.73. The van der Waals surface area contributed by atoms with Crippen LogP contribution < -0.4 is 0 Å². The van der Waals surface area contributed by atoms with Crippen molar-refractivity contribution in [1.82, 2.24) is 0 Å². The summed E-state index contributed by atoms with van der Waals surface area (Å²) in [6.07, 6.45) is 2.05. The lowest BCUT2D eigenvalue weighted by Gasteiger charge is -2.04. The van der Waals surface area contributed by atoms with Gasteiger partial charge in [-0.25, -0.2) is 13.6 Å². The molecule has 0 spiro atoms. The highest BCUT2D eigenvalue weighted by Gasteiger charge is 2.04. The van der Waals surface area contributed by atoms with Crippen LogP contribution in [0.1, 0.15) is 5.56 Å². The summed E-state index contributed by atoms with van der Waals surface area (Å²) >= 11 is 0. The Bertz CT molecular complexity index is 631. The Morgan fingerprint density at radius 1 is 1.00 bits per heavy atom. The van der Waals surface area contributed by atoms with Crippen molar-refractivity contribution in [1.29, 1.82) is 0 Å². The SMILES string of the molecule is O=C(O)/C=C/c1cc(-c2ccc(F)cc2)ccc1F. The fraction of sp³-hybridized carbons (Fsp3) is 0. The van der Waals surface area contributed by atoms with E-state index in [1.54, 1.807) is 18.2 Å².